The molecule has 180 valence electrons. The Labute approximate surface area is 206 Å². The van der Waals surface area contributed by atoms with Crippen LogP contribution in [-0.4, -0.2) is 52.7 Å². The topological polar surface area (TPSA) is 69.7 Å². The van der Waals surface area contributed by atoms with Gasteiger partial charge < -0.3 is 15.1 Å². The number of nitrogens with zero attached hydrogens (tertiary/aromatic N) is 2. The van der Waals surface area contributed by atoms with E-state index in [9.17, 15) is 14.4 Å². The van der Waals surface area contributed by atoms with Crippen LogP contribution in [0.5, 0.6) is 0 Å². The molecule has 0 saturated carbocycles. The van der Waals surface area contributed by atoms with E-state index in [1.165, 1.54) is 0 Å². The molecule has 2 fully saturated rings. The van der Waals surface area contributed by atoms with Crippen molar-refractivity contribution in [2.45, 2.75) is 55.4 Å². The predicted octanol–water partition coefficient (Wildman–Crippen LogP) is 4.66. The number of para-hydroxylation sites is 1. The number of likely N-dealkylation sites (tertiary alicyclic amines) is 2. The SMILES string of the molecule is CC(C)(C)N1CC(C(=O)N2CCC(C(=O)Nc3ccccc3Sc3ccccc3)CC2)CC1=O. The van der Waals surface area contributed by atoms with Gasteiger partial charge in [-0.15, -0.1) is 0 Å². The lowest BCUT2D eigenvalue weighted by molar-refractivity contribution is -0.138. The van der Waals surface area contributed by atoms with Gasteiger partial charge in [0.2, 0.25) is 17.7 Å². The second-order valence-electron chi connectivity index (χ2n) is 10.1. The summed E-state index contributed by atoms with van der Waals surface area (Å²) >= 11 is 1.62. The number of carbonyl (C=O) groups excluding carboxylic acids is 3. The van der Waals surface area contributed by atoms with E-state index in [4.69, 9.17) is 0 Å². The van der Waals surface area contributed by atoms with E-state index in [0.717, 1.165) is 15.5 Å². The number of piperidine rings is 1. The molecule has 2 aromatic rings. The molecule has 1 atom stereocenters. The van der Waals surface area contributed by atoms with Crippen LogP contribution in [0.2, 0.25) is 0 Å². The fourth-order valence-corrected chi connectivity index (χ4v) is 5.57. The maximum atomic E-state index is 13.0. The van der Waals surface area contributed by atoms with Gasteiger partial charge in [0.15, 0.2) is 0 Å². The first-order valence-corrected chi connectivity index (χ1v) is 12.8. The third-order valence-electron chi connectivity index (χ3n) is 6.58. The Morgan fingerprint density at radius 1 is 0.941 bits per heavy atom. The maximum absolute atomic E-state index is 13.0. The van der Waals surface area contributed by atoms with E-state index < -0.39 is 0 Å². The van der Waals surface area contributed by atoms with Gasteiger partial charge in [0.25, 0.3) is 0 Å². The van der Waals surface area contributed by atoms with Gasteiger partial charge in [0.1, 0.15) is 0 Å². The lowest BCUT2D eigenvalue weighted by atomic mass is 9.94. The summed E-state index contributed by atoms with van der Waals surface area (Å²) in [5.74, 6) is -0.312. The predicted molar refractivity (Wildman–Crippen MR) is 135 cm³/mol. The minimum atomic E-state index is -0.279. The Balaban J connectivity index is 1.32. The Bertz CT molecular complexity index is 1040. The summed E-state index contributed by atoms with van der Waals surface area (Å²) in [5, 5.41) is 3.11. The number of nitrogens with one attached hydrogen (secondary N) is 1. The lowest BCUT2D eigenvalue weighted by Crippen LogP contribution is -2.46. The molecule has 4 rings (SSSR count). The number of anilines is 1. The van der Waals surface area contributed by atoms with Crippen molar-refractivity contribution >= 4 is 35.2 Å². The molecule has 7 heteroatoms. The van der Waals surface area contributed by atoms with Crippen LogP contribution in [0.3, 0.4) is 0 Å². The average Bonchev–Trinajstić information content (AvgIpc) is 3.23. The molecule has 2 aliphatic rings. The van der Waals surface area contributed by atoms with Gasteiger partial charge in [0.05, 0.1) is 11.6 Å². The summed E-state index contributed by atoms with van der Waals surface area (Å²) in [4.78, 5) is 44.2. The van der Waals surface area contributed by atoms with E-state index in [0.29, 0.717) is 32.5 Å². The van der Waals surface area contributed by atoms with Crippen LogP contribution >= 0.6 is 11.8 Å². The van der Waals surface area contributed by atoms with Crippen molar-refractivity contribution in [2.75, 3.05) is 25.0 Å². The zero-order valence-corrected chi connectivity index (χ0v) is 20.9. The zero-order chi connectivity index (χ0) is 24.3. The standard InChI is InChI=1S/C27H33N3O3S/c1-27(2,3)30-18-20(17-24(30)31)26(33)29-15-13-19(14-16-29)25(32)28-22-11-7-8-12-23(22)34-21-9-5-4-6-10-21/h4-12,19-20H,13-18H2,1-3H3,(H,28,32). The fourth-order valence-electron chi connectivity index (χ4n) is 4.65. The van der Waals surface area contributed by atoms with Gasteiger partial charge in [-0.3, -0.25) is 14.4 Å². The van der Waals surface area contributed by atoms with Gasteiger partial charge in [-0.05, 0) is 57.9 Å². The van der Waals surface area contributed by atoms with Crippen LogP contribution in [-0.2, 0) is 14.4 Å². The molecule has 2 aliphatic heterocycles. The largest absolute Gasteiger partial charge is 0.342 e. The molecule has 2 heterocycles. The number of carbonyl (C=O) groups is 3. The van der Waals surface area contributed by atoms with Gasteiger partial charge in [0, 0.05) is 47.3 Å². The summed E-state index contributed by atoms with van der Waals surface area (Å²) in [6, 6.07) is 17.9. The molecule has 0 aromatic heterocycles. The molecule has 0 bridgehead atoms. The number of rotatable bonds is 5. The van der Waals surface area contributed by atoms with Crippen molar-refractivity contribution in [3.8, 4) is 0 Å². The maximum Gasteiger partial charge on any atom is 0.227 e. The Morgan fingerprint density at radius 2 is 1.59 bits per heavy atom. The van der Waals surface area contributed by atoms with E-state index in [2.05, 4.69) is 17.4 Å². The summed E-state index contributed by atoms with van der Waals surface area (Å²) in [6.07, 6.45) is 1.55. The molecule has 34 heavy (non-hydrogen) atoms. The number of benzene rings is 2. The molecule has 0 radical (unpaired) electrons. The minimum absolute atomic E-state index is 0.00293. The third-order valence-corrected chi connectivity index (χ3v) is 7.66. The van der Waals surface area contributed by atoms with Crippen LogP contribution < -0.4 is 5.32 Å². The van der Waals surface area contributed by atoms with Gasteiger partial charge in [-0.1, -0.05) is 42.1 Å². The van der Waals surface area contributed by atoms with E-state index in [1.54, 1.807) is 16.7 Å². The summed E-state index contributed by atoms with van der Waals surface area (Å²) in [5.41, 5.74) is 0.540. The second-order valence-corrected chi connectivity index (χ2v) is 11.2. The first kappa shape index (κ1) is 24.3. The summed E-state index contributed by atoms with van der Waals surface area (Å²) in [7, 11) is 0. The Morgan fingerprint density at radius 3 is 2.24 bits per heavy atom. The number of hydrogen-bond acceptors (Lipinski definition) is 4. The van der Waals surface area contributed by atoms with Crippen molar-refractivity contribution < 1.29 is 14.4 Å². The highest BCUT2D eigenvalue weighted by Crippen LogP contribution is 2.34. The zero-order valence-electron chi connectivity index (χ0n) is 20.1. The van der Waals surface area contributed by atoms with E-state index in [1.807, 2.05) is 68.1 Å². The van der Waals surface area contributed by atoms with Crippen molar-refractivity contribution in [2.24, 2.45) is 11.8 Å². The van der Waals surface area contributed by atoms with Gasteiger partial charge in [-0.25, -0.2) is 0 Å². The first-order chi connectivity index (χ1) is 16.2. The molecular weight excluding hydrogens is 446 g/mol. The second kappa shape index (κ2) is 10.2. The van der Waals surface area contributed by atoms with Crippen LogP contribution in [0.15, 0.2) is 64.4 Å². The molecule has 0 aliphatic carbocycles. The molecule has 1 N–H and O–H groups in total. The number of hydrogen-bond donors (Lipinski definition) is 1. The molecule has 1 unspecified atom stereocenters. The highest BCUT2D eigenvalue weighted by Gasteiger charge is 2.41. The highest BCUT2D eigenvalue weighted by atomic mass is 32.2. The van der Waals surface area contributed by atoms with E-state index >= 15 is 0 Å². The molecular formula is C27H33N3O3S. The molecule has 2 saturated heterocycles. The van der Waals surface area contributed by atoms with Crippen LogP contribution in [0.4, 0.5) is 5.69 Å². The normalized spacial score (nSPS) is 19.4. The minimum Gasteiger partial charge on any atom is -0.342 e. The Kier molecular flexibility index (Phi) is 7.31. The quantitative estimate of drug-likeness (QED) is 0.677. The van der Waals surface area contributed by atoms with E-state index in [-0.39, 0.29) is 41.5 Å². The summed E-state index contributed by atoms with van der Waals surface area (Å²) < 4.78 is 0. The van der Waals surface area contributed by atoms with Crippen LogP contribution in [0.25, 0.3) is 0 Å². The summed E-state index contributed by atoms with van der Waals surface area (Å²) in [6.45, 7) is 7.58. The molecule has 2 aromatic carbocycles. The van der Waals surface area contributed by atoms with Crippen LogP contribution in [0.1, 0.15) is 40.0 Å². The lowest BCUT2D eigenvalue weighted by Gasteiger charge is -2.34. The van der Waals surface area contributed by atoms with Gasteiger partial charge >= 0.3 is 0 Å². The Hall–Kier alpha value is -2.80. The fraction of sp³-hybridized carbons (Fsp3) is 0.444. The van der Waals surface area contributed by atoms with Crippen molar-refractivity contribution in [3.05, 3.63) is 54.6 Å². The van der Waals surface area contributed by atoms with Crippen molar-refractivity contribution in [1.82, 2.24) is 9.80 Å². The van der Waals surface area contributed by atoms with Gasteiger partial charge in [-0.2, -0.15) is 0 Å². The average molecular weight is 480 g/mol. The van der Waals surface area contributed by atoms with Crippen molar-refractivity contribution in [3.63, 3.8) is 0 Å². The third kappa shape index (κ3) is 5.63. The molecule has 0 spiro atoms. The van der Waals surface area contributed by atoms with Crippen LogP contribution in [0, 0.1) is 11.8 Å². The first-order valence-electron chi connectivity index (χ1n) is 11.9. The van der Waals surface area contributed by atoms with Crippen molar-refractivity contribution in [1.29, 1.82) is 0 Å². The monoisotopic (exact) mass is 479 g/mol. The highest BCUT2D eigenvalue weighted by molar-refractivity contribution is 7.99. The smallest absolute Gasteiger partial charge is 0.227 e. The molecule has 6 nitrogen and oxygen atoms in total. The number of amides is 3. The molecule has 3 amide bonds.